The lowest BCUT2D eigenvalue weighted by atomic mass is 10.1. The fourth-order valence-electron chi connectivity index (χ4n) is 2.68. The number of amides is 1. The number of benzene rings is 1. The summed E-state index contributed by atoms with van der Waals surface area (Å²) in [6.07, 6.45) is 0.987. The molecule has 0 unspecified atom stereocenters. The molecular weight excluding hydrogens is 335 g/mol. The Hall–Kier alpha value is -1.43. The van der Waals surface area contributed by atoms with Crippen molar-refractivity contribution in [2.75, 3.05) is 26.2 Å². The number of rotatable bonds is 2. The minimum Gasteiger partial charge on any atom is -0.337 e. The summed E-state index contributed by atoms with van der Waals surface area (Å²) in [7, 11) is 0. The third-order valence-electron chi connectivity index (χ3n) is 3.86. The third-order valence-corrected chi connectivity index (χ3v) is 5.14. The SMILES string of the molecule is Cc1cc(C(=O)N2CCCNCC2)sc1-c1ccc(F)cc1.Cl. The Balaban J connectivity index is 0.00000192. The molecule has 1 aliphatic heterocycles. The van der Waals surface area contributed by atoms with E-state index in [0.717, 1.165) is 53.5 Å². The highest BCUT2D eigenvalue weighted by Crippen LogP contribution is 2.33. The van der Waals surface area contributed by atoms with Crippen molar-refractivity contribution in [3.63, 3.8) is 0 Å². The minimum absolute atomic E-state index is 0. The molecule has 23 heavy (non-hydrogen) atoms. The molecule has 3 rings (SSSR count). The van der Waals surface area contributed by atoms with E-state index in [-0.39, 0.29) is 24.1 Å². The molecule has 1 fully saturated rings. The van der Waals surface area contributed by atoms with E-state index in [1.807, 2.05) is 17.9 Å². The van der Waals surface area contributed by atoms with Gasteiger partial charge in [0.2, 0.25) is 0 Å². The highest BCUT2D eigenvalue weighted by atomic mass is 35.5. The maximum atomic E-state index is 13.1. The molecule has 6 heteroatoms. The first kappa shape index (κ1) is 17.9. The number of aryl methyl sites for hydroxylation is 1. The van der Waals surface area contributed by atoms with Crippen molar-refractivity contribution in [2.24, 2.45) is 0 Å². The quantitative estimate of drug-likeness (QED) is 0.891. The van der Waals surface area contributed by atoms with Gasteiger partial charge in [0.15, 0.2) is 0 Å². The Morgan fingerprint density at radius 1 is 1.22 bits per heavy atom. The maximum absolute atomic E-state index is 13.1. The van der Waals surface area contributed by atoms with Crippen LogP contribution in [-0.4, -0.2) is 37.0 Å². The second-order valence-electron chi connectivity index (χ2n) is 5.53. The summed E-state index contributed by atoms with van der Waals surface area (Å²) in [6, 6.07) is 8.38. The minimum atomic E-state index is -0.244. The molecule has 0 spiro atoms. The standard InChI is InChI=1S/C17H19FN2OS.ClH/c1-12-11-15(17(21)20-9-2-7-19-8-10-20)22-16(12)13-3-5-14(18)6-4-13;/h3-6,11,19H,2,7-10H2,1H3;1H. The number of hydrogen-bond acceptors (Lipinski definition) is 3. The number of carbonyl (C=O) groups excluding carboxylic acids is 1. The molecule has 124 valence electrons. The fourth-order valence-corrected chi connectivity index (χ4v) is 3.83. The lowest BCUT2D eigenvalue weighted by Crippen LogP contribution is -2.33. The number of hydrogen-bond donors (Lipinski definition) is 1. The Morgan fingerprint density at radius 3 is 2.70 bits per heavy atom. The van der Waals surface area contributed by atoms with Crippen LogP contribution in [0.15, 0.2) is 30.3 Å². The van der Waals surface area contributed by atoms with E-state index in [0.29, 0.717) is 0 Å². The van der Waals surface area contributed by atoms with Crippen molar-refractivity contribution < 1.29 is 9.18 Å². The van der Waals surface area contributed by atoms with Gasteiger partial charge in [-0.1, -0.05) is 12.1 Å². The Kier molecular flexibility index (Phi) is 6.16. The Labute approximate surface area is 145 Å². The number of nitrogens with zero attached hydrogens (tertiary/aromatic N) is 1. The molecule has 1 saturated heterocycles. The van der Waals surface area contributed by atoms with Gasteiger partial charge in [-0.3, -0.25) is 4.79 Å². The predicted octanol–water partition coefficient (Wildman–Crippen LogP) is 3.72. The lowest BCUT2D eigenvalue weighted by molar-refractivity contribution is 0.0771. The second kappa shape index (κ2) is 7.90. The molecule has 3 nitrogen and oxygen atoms in total. The average Bonchev–Trinajstić information content (AvgIpc) is 2.74. The summed E-state index contributed by atoms with van der Waals surface area (Å²) < 4.78 is 13.1. The molecule has 1 amide bonds. The third kappa shape index (κ3) is 4.10. The smallest absolute Gasteiger partial charge is 0.263 e. The zero-order chi connectivity index (χ0) is 15.5. The lowest BCUT2D eigenvalue weighted by Gasteiger charge is -2.18. The summed E-state index contributed by atoms with van der Waals surface area (Å²) in [5.74, 6) is -0.142. The summed E-state index contributed by atoms with van der Waals surface area (Å²) >= 11 is 1.49. The number of thiophene rings is 1. The molecular formula is C17H20ClFN2OS. The summed E-state index contributed by atoms with van der Waals surface area (Å²) in [5, 5.41) is 3.31. The van der Waals surface area contributed by atoms with E-state index in [2.05, 4.69) is 5.32 Å². The molecule has 0 radical (unpaired) electrons. The molecule has 1 aromatic carbocycles. The molecule has 2 aromatic rings. The molecule has 0 bridgehead atoms. The van der Waals surface area contributed by atoms with Crippen molar-refractivity contribution in [3.05, 3.63) is 46.6 Å². The van der Waals surface area contributed by atoms with Crippen LogP contribution in [-0.2, 0) is 0 Å². The van der Waals surface area contributed by atoms with E-state index < -0.39 is 0 Å². The first-order chi connectivity index (χ1) is 10.6. The highest BCUT2D eigenvalue weighted by molar-refractivity contribution is 7.17. The van der Waals surface area contributed by atoms with Gasteiger partial charge in [-0.05, 0) is 49.2 Å². The zero-order valence-corrected chi connectivity index (χ0v) is 14.6. The van der Waals surface area contributed by atoms with Crippen molar-refractivity contribution >= 4 is 29.7 Å². The van der Waals surface area contributed by atoms with Crippen molar-refractivity contribution in [1.82, 2.24) is 10.2 Å². The highest BCUT2D eigenvalue weighted by Gasteiger charge is 2.20. The summed E-state index contributed by atoms with van der Waals surface area (Å²) in [4.78, 5) is 16.4. The van der Waals surface area contributed by atoms with Crippen LogP contribution in [0.3, 0.4) is 0 Å². The zero-order valence-electron chi connectivity index (χ0n) is 13.0. The van der Waals surface area contributed by atoms with E-state index in [4.69, 9.17) is 0 Å². The molecule has 0 atom stereocenters. The number of nitrogens with one attached hydrogen (secondary N) is 1. The van der Waals surface area contributed by atoms with Gasteiger partial charge in [0.1, 0.15) is 5.82 Å². The van der Waals surface area contributed by atoms with Crippen molar-refractivity contribution in [1.29, 1.82) is 0 Å². The van der Waals surface area contributed by atoms with E-state index in [1.54, 1.807) is 12.1 Å². The molecule has 0 aliphatic carbocycles. The Bertz CT molecular complexity index is 664. The van der Waals surface area contributed by atoms with E-state index in [9.17, 15) is 9.18 Å². The molecule has 1 N–H and O–H groups in total. The van der Waals surface area contributed by atoms with Crippen LogP contribution < -0.4 is 5.32 Å². The largest absolute Gasteiger partial charge is 0.337 e. The molecule has 1 aromatic heterocycles. The summed E-state index contributed by atoms with van der Waals surface area (Å²) in [5.41, 5.74) is 2.02. The van der Waals surface area contributed by atoms with Crippen molar-refractivity contribution in [2.45, 2.75) is 13.3 Å². The van der Waals surface area contributed by atoms with Gasteiger partial charge in [0, 0.05) is 24.5 Å². The van der Waals surface area contributed by atoms with Gasteiger partial charge in [-0.2, -0.15) is 0 Å². The van der Waals surface area contributed by atoms with E-state index in [1.165, 1.54) is 23.5 Å². The normalized spacial score (nSPS) is 15.0. The van der Waals surface area contributed by atoms with Gasteiger partial charge < -0.3 is 10.2 Å². The molecule has 2 heterocycles. The number of halogens is 2. The van der Waals surface area contributed by atoms with Crippen LogP contribution in [0, 0.1) is 12.7 Å². The van der Waals surface area contributed by atoms with Gasteiger partial charge >= 0.3 is 0 Å². The maximum Gasteiger partial charge on any atom is 0.263 e. The van der Waals surface area contributed by atoms with Gasteiger partial charge in [-0.15, -0.1) is 23.7 Å². The van der Waals surface area contributed by atoms with Crippen LogP contribution in [0.25, 0.3) is 10.4 Å². The van der Waals surface area contributed by atoms with Crippen LogP contribution in [0.4, 0.5) is 4.39 Å². The van der Waals surface area contributed by atoms with Crippen molar-refractivity contribution in [3.8, 4) is 10.4 Å². The average molecular weight is 355 g/mol. The second-order valence-corrected chi connectivity index (χ2v) is 6.58. The predicted molar refractivity (Wildman–Crippen MR) is 95.1 cm³/mol. The Morgan fingerprint density at radius 2 is 1.96 bits per heavy atom. The molecule has 1 aliphatic rings. The molecule has 0 saturated carbocycles. The van der Waals surface area contributed by atoms with Gasteiger partial charge in [-0.25, -0.2) is 4.39 Å². The van der Waals surface area contributed by atoms with Crippen LogP contribution in [0.5, 0.6) is 0 Å². The topological polar surface area (TPSA) is 32.3 Å². The van der Waals surface area contributed by atoms with Gasteiger partial charge in [0.05, 0.1) is 4.88 Å². The first-order valence-electron chi connectivity index (χ1n) is 7.51. The monoisotopic (exact) mass is 354 g/mol. The first-order valence-corrected chi connectivity index (χ1v) is 8.33. The van der Waals surface area contributed by atoms with Crippen LogP contribution >= 0.6 is 23.7 Å². The summed E-state index contributed by atoms with van der Waals surface area (Å²) in [6.45, 7) is 5.36. The number of carbonyl (C=O) groups is 1. The fraction of sp³-hybridized carbons (Fsp3) is 0.353. The van der Waals surface area contributed by atoms with E-state index >= 15 is 0 Å². The van der Waals surface area contributed by atoms with Crippen LogP contribution in [0.1, 0.15) is 21.7 Å². The van der Waals surface area contributed by atoms with Crippen LogP contribution in [0.2, 0.25) is 0 Å². The van der Waals surface area contributed by atoms with Gasteiger partial charge in [0.25, 0.3) is 5.91 Å².